The van der Waals surface area contributed by atoms with Crippen molar-refractivity contribution < 1.29 is 37.0 Å². The molecule has 0 unspecified atom stereocenters. The van der Waals surface area contributed by atoms with E-state index in [1.54, 1.807) is 11.4 Å². The summed E-state index contributed by atoms with van der Waals surface area (Å²) in [6, 6.07) is 7.15. The number of alkyl halides is 3. The zero-order valence-electron chi connectivity index (χ0n) is 17.3. The van der Waals surface area contributed by atoms with Gasteiger partial charge >= 0.3 is 23.8 Å². The lowest BCUT2D eigenvalue weighted by molar-refractivity contribution is -0.204. The van der Waals surface area contributed by atoms with Crippen molar-refractivity contribution in [1.29, 1.82) is 0 Å². The highest BCUT2D eigenvalue weighted by molar-refractivity contribution is 7.16. The molecule has 1 aliphatic carbocycles. The Balaban J connectivity index is 2.12. The molecular formula is C21H21F3N2O5S. The van der Waals surface area contributed by atoms with Crippen molar-refractivity contribution >= 4 is 34.2 Å². The topological polar surface area (TPSA) is 93.7 Å². The van der Waals surface area contributed by atoms with Crippen molar-refractivity contribution in [2.45, 2.75) is 38.0 Å². The van der Waals surface area contributed by atoms with Crippen LogP contribution < -0.4 is 10.6 Å². The van der Waals surface area contributed by atoms with Crippen molar-refractivity contribution in [1.82, 2.24) is 5.32 Å². The average molecular weight is 470 g/mol. The highest BCUT2D eigenvalue weighted by atomic mass is 32.1. The van der Waals surface area contributed by atoms with E-state index >= 15 is 0 Å². The van der Waals surface area contributed by atoms with Crippen LogP contribution in [0.2, 0.25) is 0 Å². The second-order valence-electron chi connectivity index (χ2n) is 6.97. The highest BCUT2D eigenvalue weighted by Gasteiger charge is 2.64. The van der Waals surface area contributed by atoms with Gasteiger partial charge in [-0.15, -0.1) is 11.3 Å². The number of hydrogen-bond donors (Lipinski definition) is 2. The highest BCUT2D eigenvalue weighted by Crippen LogP contribution is 2.43. The summed E-state index contributed by atoms with van der Waals surface area (Å²) in [5.74, 6) is -3.73. The lowest BCUT2D eigenvalue weighted by Gasteiger charge is -2.35. The van der Waals surface area contributed by atoms with Crippen LogP contribution >= 0.6 is 11.3 Å². The number of methoxy groups -OCH3 is 1. The van der Waals surface area contributed by atoms with E-state index < -0.39 is 29.7 Å². The number of carbonyl (C=O) groups is 3. The summed E-state index contributed by atoms with van der Waals surface area (Å²) in [5.41, 5.74) is -3.21. The molecule has 1 aromatic heterocycles. The van der Waals surface area contributed by atoms with Crippen LogP contribution in [0, 0.1) is 0 Å². The number of fused-ring (bicyclic) bond motifs is 1. The third kappa shape index (κ3) is 4.29. The molecule has 7 nitrogen and oxygen atoms in total. The molecule has 3 rings (SSSR count). The summed E-state index contributed by atoms with van der Waals surface area (Å²) in [5, 5.41) is 3.67. The van der Waals surface area contributed by atoms with Gasteiger partial charge < -0.3 is 20.1 Å². The fourth-order valence-electron chi connectivity index (χ4n) is 3.44. The molecule has 1 aromatic carbocycles. The zero-order chi connectivity index (χ0) is 23.5. The minimum Gasteiger partial charge on any atom is -0.465 e. The molecule has 0 bridgehead atoms. The second-order valence-corrected chi connectivity index (χ2v) is 8.07. The number of hydrogen-bond acceptors (Lipinski definition) is 7. The van der Waals surface area contributed by atoms with Gasteiger partial charge in [0.15, 0.2) is 0 Å². The first-order valence-corrected chi connectivity index (χ1v) is 10.6. The Morgan fingerprint density at radius 3 is 2.41 bits per heavy atom. The predicted octanol–water partition coefficient (Wildman–Crippen LogP) is 3.69. The van der Waals surface area contributed by atoms with Gasteiger partial charge in [0.2, 0.25) is 0 Å². The number of amides is 1. The third-order valence-corrected chi connectivity index (χ3v) is 6.16. The Labute approximate surface area is 185 Å². The summed E-state index contributed by atoms with van der Waals surface area (Å²) in [6.07, 6.45) is -3.49. The summed E-state index contributed by atoms with van der Waals surface area (Å²) < 4.78 is 52.8. The van der Waals surface area contributed by atoms with Gasteiger partial charge in [-0.3, -0.25) is 4.79 Å². The Hall–Kier alpha value is -3.08. The fraction of sp³-hybridized carbons (Fsp3) is 0.381. The average Bonchev–Trinajstić information content (AvgIpc) is 3.33. The van der Waals surface area contributed by atoms with E-state index in [9.17, 15) is 27.6 Å². The number of carbonyl (C=O) groups excluding carboxylic acids is 3. The van der Waals surface area contributed by atoms with E-state index in [1.807, 2.05) is 0 Å². The van der Waals surface area contributed by atoms with Crippen LogP contribution in [0.5, 0.6) is 0 Å². The Morgan fingerprint density at radius 2 is 1.81 bits per heavy atom. The number of rotatable bonds is 7. The molecule has 1 aliphatic rings. The maximum atomic E-state index is 14.4. The van der Waals surface area contributed by atoms with Crippen LogP contribution in [-0.4, -0.2) is 43.4 Å². The molecule has 0 spiro atoms. The van der Waals surface area contributed by atoms with Crippen molar-refractivity contribution in [3.05, 3.63) is 51.9 Å². The van der Waals surface area contributed by atoms with Gasteiger partial charge in [0, 0.05) is 10.4 Å². The summed E-state index contributed by atoms with van der Waals surface area (Å²) in [7, 11) is 1.12. The monoisotopic (exact) mass is 470 g/mol. The van der Waals surface area contributed by atoms with Crippen molar-refractivity contribution in [3.63, 3.8) is 0 Å². The number of nitrogens with one attached hydrogen (secondary N) is 2. The standard InChI is InChI=1S/C21H21F3N2O5S/c1-3-31-19(29)20(21(22,23)24,25-16(27)12-8-5-4-6-9-12)26-17-15(18(28)30-2)13-10-7-11-14(13)32-17/h4-6,8-9,26H,3,7,10-11H2,1-2H3,(H,25,27)/t20-/m0/s1. The Bertz CT molecular complexity index is 1020. The van der Waals surface area contributed by atoms with Gasteiger partial charge in [-0.1, -0.05) is 18.2 Å². The third-order valence-electron chi connectivity index (χ3n) is 4.96. The summed E-state index contributed by atoms with van der Waals surface area (Å²) in [4.78, 5) is 38.5. The van der Waals surface area contributed by atoms with Gasteiger partial charge in [0.1, 0.15) is 5.00 Å². The van der Waals surface area contributed by atoms with Gasteiger partial charge in [-0.25, -0.2) is 9.59 Å². The first-order valence-electron chi connectivity index (χ1n) is 9.77. The quantitative estimate of drug-likeness (QED) is 0.474. The fourth-order valence-corrected chi connectivity index (χ4v) is 4.78. The van der Waals surface area contributed by atoms with E-state index in [2.05, 4.69) is 5.32 Å². The Morgan fingerprint density at radius 1 is 1.12 bits per heavy atom. The first-order chi connectivity index (χ1) is 15.1. The number of halogens is 3. The smallest absolute Gasteiger partial charge is 0.441 e. The molecule has 1 heterocycles. The summed E-state index contributed by atoms with van der Waals surface area (Å²) >= 11 is 0.923. The summed E-state index contributed by atoms with van der Waals surface area (Å²) in [6.45, 7) is 0.988. The van der Waals surface area contributed by atoms with E-state index in [4.69, 9.17) is 9.47 Å². The Kier molecular flexibility index (Phi) is 6.77. The van der Waals surface area contributed by atoms with Gasteiger partial charge in [-0.05, 0) is 43.9 Å². The number of benzene rings is 1. The van der Waals surface area contributed by atoms with Crippen LogP contribution in [0.4, 0.5) is 18.2 Å². The molecule has 0 saturated carbocycles. The molecule has 172 valence electrons. The molecule has 32 heavy (non-hydrogen) atoms. The van der Waals surface area contributed by atoms with Crippen molar-refractivity contribution in [2.24, 2.45) is 0 Å². The number of anilines is 1. The first kappa shape index (κ1) is 23.6. The molecule has 0 aliphatic heterocycles. The molecule has 1 atom stereocenters. The van der Waals surface area contributed by atoms with Gasteiger partial charge in [0.25, 0.3) is 5.91 Å². The molecule has 0 saturated heterocycles. The molecule has 0 radical (unpaired) electrons. The SMILES string of the molecule is CCOC(=O)[C@](NC(=O)c1ccccc1)(Nc1sc2c(c1C(=O)OC)CCC2)C(F)(F)F. The van der Waals surface area contributed by atoms with Crippen LogP contribution in [0.25, 0.3) is 0 Å². The normalized spacial score (nSPS) is 14.8. The van der Waals surface area contributed by atoms with Gasteiger partial charge in [0.05, 0.1) is 19.3 Å². The van der Waals surface area contributed by atoms with Crippen LogP contribution in [0.3, 0.4) is 0 Å². The van der Waals surface area contributed by atoms with Gasteiger partial charge in [-0.2, -0.15) is 13.2 Å². The lowest BCUT2D eigenvalue weighted by atomic mass is 10.1. The van der Waals surface area contributed by atoms with E-state index in [0.29, 0.717) is 18.4 Å². The lowest BCUT2D eigenvalue weighted by Crippen LogP contribution is -2.69. The number of aryl methyl sites for hydroxylation is 1. The molecule has 2 N–H and O–H groups in total. The van der Waals surface area contributed by atoms with Crippen LogP contribution in [0.15, 0.2) is 30.3 Å². The molecular weight excluding hydrogens is 449 g/mol. The van der Waals surface area contributed by atoms with Crippen molar-refractivity contribution in [3.8, 4) is 0 Å². The minimum atomic E-state index is -5.31. The predicted molar refractivity (Wildman–Crippen MR) is 111 cm³/mol. The number of thiophene rings is 1. The van der Waals surface area contributed by atoms with E-state index in [-0.39, 0.29) is 22.7 Å². The van der Waals surface area contributed by atoms with E-state index in [0.717, 1.165) is 29.7 Å². The van der Waals surface area contributed by atoms with Crippen molar-refractivity contribution in [2.75, 3.05) is 19.0 Å². The maximum absolute atomic E-state index is 14.4. The minimum absolute atomic E-state index is 0.0723. The molecule has 2 aromatic rings. The number of ether oxygens (including phenoxy) is 2. The number of esters is 2. The maximum Gasteiger partial charge on any atom is 0.441 e. The molecule has 11 heteroatoms. The second kappa shape index (κ2) is 9.19. The van der Waals surface area contributed by atoms with Crippen LogP contribution in [0.1, 0.15) is 44.5 Å². The zero-order valence-corrected chi connectivity index (χ0v) is 18.1. The largest absolute Gasteiger partial charge is 0.465 e. The molecule has 1 amide bonds. The van der Waals surface area contributed by atoms with Crippen LogP contribution in [-0.2, 0) is 27.1 Å². The molecule has 0 fully saturated rings. The van der Waals surface area contributed by atoms with E-state index in [1.165, 1.54) is 31.2 Å².